The lowest BCUT2D eigenvalue weighted by molar-refractivity contribution is -0.124. The van der Waals surface area contributed by atoms with Gasteiger partial charge in [-0.25, -0.2) is 4.98 Å². The van der Waals surface area contributed by atoms with Crippen LogP contribution in [0.2, 0.25) is 0 Å². The van der Waals surface area contributed by atoms with Crippen molar-refractivity contribution in [2.75, 3.05) is 49.5 Å². The van der Waals surface area contributed by atoms with E-state index in [2.05, 4.69) is 47.3 Å². The monoisotopic (exact) mass is 467 g/mol. The standard InChI is InChI=1S/C27H41N5O2/c1-4-14-31(15-5-2)18-13-28-26(33)11-12-27(34)29-22-9-10-24-23(20-22)21(3)19-25(30-24)32-16-7-6-8-17-32/h9-10,19-20H,4-8,11-18H2,1-3H3,(H,28,33)(H,29,34). The normalized spacial score (nSPS) is 13.9. The molecule has 1 aromatic carbocycles. The summed E-state index contributed by atoms with van der Waals surface area (Å²) in [7, 11) is 0. The van der Waals surface area contributed by atoms with Gasteiger partial charge in [0.15, 0.2) is 0 Å². The van der Waals surface area contributed by atoms with E-state index in [-0.39, 0.29) is 24.7 Å². The Morgan fingerprint density at radius 2 is 1.68 bits per heavy atom. The molecule has 2 aromatic rings. The average Bonchev–Trinajstić information content (AvgIpc) is 2.84. The zero-order valence-electron chi connectivity index (χ0n) is 21.2. The third-order valence-corrected chi connectivity index (χ3v) is 6.37. The lowest BCUT2D eigenvalue weighted by Gasteiger charge is -2.28. The van der Waals surface area contributed by atoms with Gasteiger partial charge in [0.2, 0.25) is 11.8 Å². The fraction of sp³-hybridized carbons (Fsp3) is 0.593. The minimum atomic E-state index is -0.149. The Morgan fingerprint density at radius 3 is 2.38 bits per heavy atom. The van der Waals surface area contributed by atoms with E-state index in [1.165, 1.54) is 19.3 Å². The predicted molar refractivity (Wildman–Crippen MR) is 140 cm³/mol. The Bertz CT molecular complexity index is 949. The lowest BCUT2D eigenvalue weighted by Crippen LogP contribution is -2.36. The summed E-state index contributed by atoms with van der Waals surface area (Å²) in [6, 6.07) is 7.98. The molecule has 0 aliphatic carbocycles. The van der Waals surface area contributed by atoms with E-state index >= 15 is 0 Å². The molecule has 2 heterocycles. The maximum Gasteiger partial charge on any atom is 0.224 e. The van der Waals surface area contributed by atoms with Gasteiger partial charge in [0.1, 0.15) is 5.82 Å². The largest absolute Gasteiger partial charge is 0.357 e. The first-order valence-corrected chi connectivity index (χ1v) is 13.0. The number of benzene rings is 1. The van der Waals surface area contributed by atoms with Crippen molar-refractivity contribution in [2.45, 2.75) is 65.7 Å². The second kappa shape index (κ2) is 13.3. The number of hydrogen-bond donors (Lipinski definition) is 2. The highest BCUT2D eigenvalue weighted by Gasteiger charge is 2.14. The van der Waals surface area contributed by atoms with Crippen molar-refractivity contribution in [3.63, 3.8) is 0 Å². The minimum Gasteiger partial charge on any atom is -0.357 e. The van der Waals surface area contributed by atoms with Crippen LogP contribution in [0.5, 0.6) is 0 Å². The molecule has 34 heavy (non-hydrogen) atoms. The molecule has 0 bridgehead atoms. The highest BCUT2D eigenvalue weighted by molar-refractivity contribution is 5.96. The summed E-state index contributed by atoms with van der Waals surface area (Å²) in [4.78, 5) is 34.2. The van der Waals surface area contributed by atoms with Crippen molar-refractivity contribution in [2.24, 2.45) is 0 Å². The highest BCUT2D eigenvalue weighted by atomic mass is 16.2. The number of pyridine rings is 1. The number of carbonyl (C=O) groups excluding carboxylic acids is 2. The molecule has 1 aliphatic rings. The number of anilines is 2. The van der Waals surface area contributed by atoms with Gasteiger partial charge in [-0.1, -0.05) is 13.8 Å². The molecule has 2 N–H and O–H groups in total. The summed E-state index contributed by atoms with van der Waals surface area (Å²) >= 11 is 0. The van der Waals surface area contributed by atoms with Gasteiger partial charge in [0.25, 0.3) is 0 Å². The number of carbonyl (C=O) groups is 2. The molecule has 0 spiro atoms. The van der Waals surface area contributed by atoms with E-state index < -0.39 is 0 Å². The van der Waals surface area contributed by atoms with Gasteiger partial charge in [0.05, 0.1) is 5.52 Å². The smallest absolute Gasteiger partial charge is 0.224 e. The first-order valence-electron chi connectivity index (χ1n) is 13.0. The summed E-state index contributed by atoms with van der Waals surface area (Å²) in [5.41, 5.74) is 2.84. The van der Waals surface area contributed by atoms with Gasteiger partial charge in [-0.3, -0.25) is 9.59 Å². The van der Waals surface area contributed by atoms with Gasteiger partial charge in [0, 0.05) is 50.1 Å². The minimum absolute atomic E-state index is 0.0769. The van der Waals surface area contributed by atoms with Crippen molar-refractivity contribution in [1.29, 1.82) is 0 Å². The average molecular weight is 468 g/mol. The van der Waals surface area contributed by atoms with Crippen molar-refractivity contribution in [1.82, 2.24) is 15.2 Å². The summed E-state index contributed by atoms with van der Waals surface area (Å²) in [6.45, 7) is 12.1. The maximum absolute atomic E-state index is 12.4. The second-order valence-corrected chi connectivity index (χ2v) is 9.32. The molecule has 0 radical (unpaired) electrons. The topological polar surface area (TPSA) is 77.6 Å². The van der Waals surface area contributed by atoms with Crippen molar-refractivity contribution >= 4 is 34.2 Å². The quantitative estimate of drug-likeness (QED) is 0.481. The first-order chi connectivity index (χ1) is 16.5. The first kappa shape index (κ1) is 25.9. The third-order valence-electron chi connectivity index (χ3n) is 6.37. The van der Waals surface area contributed by atoms with Gasteiger partial charge < -0.3 is 20.4 Å². The molecule has 0 saturated carbocycles. The molecule has 0 atom stereocenters. The molecule has 1 aliphatic heterocycles. The van der Waals surface area contributed by atoms with Gasteiger partial charge in [-0.2, -0.15) is 0 Å². The fourth-order valence-corrected chi connectivity index (χ4v) is 4.60. The lowest BCUT2D eigenvalue weighted by atomic mass is 10.1. The second-order valence-electron chi connectivity index (χ2n) is 9.32. The van der Waals surface area contributed by atoms with Crippen molar-refractivity contribution < 1.29 is 9.59 Å². The van der Waals surface area contributed by atoms with E-state index in [9.17, 15) is 9.59 Å². The number of aromatic nitrogens is 1. The Hall–Kier alpha value is -2.67. The number of aryl methyl sites for hydroxylation is 1. The van der Waals surface area contributed by atoms with Gasteiger partial charge in [-0.05, 0) is 81.9 Å². The van der Waals surface area contributed by atoms with Crippen molar-refractivity contribution in [3.8, 4) is 0 Å². The fourth-order valence-electron chi connectivity index (χ4n) is 4.60. The Labute approximate surface area is 204 Å². The van der Waals surface area contributed by atoms with Crippen LogP contribution in [0.4, 0.5) is 11.5 Å². The van der Waals surface area contributed by atoms with Gasteiger partial charge in [-0.15, -0.1) is 0 Å². The molecule has 3 rings (SSSR count). The molecular formula is C27H41N5O2. The highest BCUT2D eigenvalue weighted by Crippen LogP contribution is 2.27. The van der Waals surface area contributed by atoms with Crippen LogP contribution in [0, 0.1) is 6.92 Å². The van der Waals surface area contributed by atoms with Crippen LogP contribution in [0.25, 0.3) is 10.9 Å². The van der Waals surface area contributed by atoms with Crippen LogP contribution in [-0.2, 0) is 9.59 Å². The zero-order valence-corrected chi connectivity index (χ0v) is 21.2. The SMILES string of the molecule is CCCN(CCC)CCNC(=O)CCC(=O)Nc1ccc2nc(N3CCCCC3)cc(C)c2c1. The van der Waals surface area contributed by atoms with E-state index in [4.69, 9.17) is 4.98 Å². The van der Waals surface area contributed by atoms with E-state index in [1.807, 2.05) is 18.2 Å². The van der Waals surface area contributed by atoms with Crippen molar-refractivity contribution in [3.05, 3.63) is 29.8 Å². The number of rotatable bonds is 12. The molecule has 186 valence electrons. The van der Waals surface area contributed by atoms with Crippen LogP contribution < -0.4 is 15.5 Å². The van der Waals surface area contributed by atoms with Gasteiger partial charge >= 0.3 is 0 Å². The molecule has 1 saturated heterocycles. The molecule has 0 unspecified atom stereocenters. The number of nitrogens with one attached hydrogen (secondary N) is 2. The summed E-state index contributed by atoms with van der Waals surface area (Å²) in [6.07, 6.45) is 6.32. The van der Waals surface area contributed by atoms with E-state index in [0.717, 1.165) is 73.5 Å². The summed E-state index contributed by atoms with van der Waals surface area (Å²) in [5.74, 6) is 0.815. The number of fused-ring (bicyclic) bond motifs is 1. The van der Waals surface area contributed by atoms with Crippen LogP contribution in [0.3, 0.4) is 0 Å². The van der Waals surface area contributed by atoms with Crippen LogP contribution in [0.15, 0.2) is 24.3 Å². The maximum atomic E-state index is 12.4. The van der Waals surface area contributed by atoms with Crippen LogP contribution in [-0.4, -0.2) is 61.0 Å². The molecular weight excluding hydrogens is 426 g/mol. The molecule has 7 nitrogen and oxygen atoms in total. The van der Waals surface area contributed by atoms with E-state index in [1.54, 1.807) is 0 Å². The van der Waals surface area contributed by atoms with Crippen LogP contribution >= 0.6 is 0 Å². The Morgan fingerprint density at radius 1 is 0.971 bits per heavy atom. The Kier molecular flexibility index (Phi) is 10.1. The Balaban J connectivity index is 1.48. The number of piperidine rings is 1. The number of hydrogen-bond acceptors (Lipinski definition) is 5. The summed E-state index contributed by atoms with van der Waals surface area (Å²) < 4.78 is 0. The zero-order chi connectivity index (χ0) is 24.3. The number of nitrogens with zero attached hydrogens (tertiary/aromatic N) is 3. The molecule has 1 aromatic heterocycles. The number of amides is 2. The molecule has 1 fully saturated rings. The molecule has 2 amide bonds. The van der Waals surface area contributed by atoms with Crippen LogP contribution in [0.1, 0.15) is 64.4 Å². The summed E-state index contributed by atoms with van der Waals surface area (Å²) in [5, 5.41) is 6.92. The van der Waals surface area contributed by atoms with E-state index in [0.29, 0.717) is 6.54 Å². The molecule has 7 heteroatoms. The predicted octanol–water partition coefficient (Wildman–Crippen LogP) is 4.49. The third kappa shape index (κ3) is 7.69.